The number of aliphatic hydroxyl groups excluding tert-OH is 1. The van der Waals surface area contributed by atoms with Crippen LogP contribution in [0.2, 0.25) is 0 Å². The largest absolute Gasteiger partial charge is 0.448 e. The number of anilines is 1. The number of halogens is 1. The van der Waals surface area contributed by atoms with Gasteiger partial charge in [0.15, 0.2) is 17.3 Å². The van der Waals surface area contributed by atoms with Crippen molar-refractivity contribution in [3.8, 4) is 11.5 Å². The van der Waals surface area contributed by atoms with Gasteiger partial charge in [0, 0.05) is 18.6 Å². The molecule has 0 spiro atoms. The Hall–Kier alpha value is -3.00. The molecule has 7 nitrogen and oxygen atoms in total. The van der Waals surface area contributed by atoms with Crippen molar-refractivity contribution in [3.63, 3.8) is 0 Å². The SMILES string of the molecule is Cn1c(=O)c(Oc2ccccc2F)cc2cnc(NC(C)(C)CO)nc21. The number of rotatable bonds is 5. The van der Waals surface area contributed by atoms with E-state index >= 15 is 0 Å². The molecule has 3 rings (SSSR count). The zero-order chi connectivity index (χ0) is 18.9. The molecule has 0 radical (unpaired) electrons. The molecular weight excluding hydrogens is 339 g/mol. The molecule has 2 aromatic heterocycles. The van der Waals surface area contributed by atoms with Crippen LogP contribution in [0.1, 0.15) is 13.8 Å². The predicted molar refractivity (Wildman–Crippen MR) is 96.0 cm³/mol. The number of aliphatic hydroxyl groups is 1. The van der Waals surface area contributed by atoms with E-state index in [1.54, 1.807) is 27.0 Å². The average Bonchev–Trinajstić information content (AvgIpc) is 2.61. The van der Waals surface area contributed by atoms with Crippen LogP contribution in [0.5, 0.6) is 11.5 Å². The minimum atomic E-state index is -0.611. The fourth-order valence-corrected chi connectivity index (χ4v) is 2.34. The maximum atomic E-state index is 13.8. The van der Waals surface area contributed by atoms with Crippen LogP contribution in [-0.4, -0.2) is 31.8 Å². The molecule has 0 amide bonds. The Labute approximate surface area is 149 Å². The van der Waals surface area contributed by atoms with Crippen LogP contribution in [-0.2, 0) is 7.05 Å². The molecule has 0 unspecified atom stereocenters. The van der Waals surface area contributed by atoms with Crippen LogP contribution in [0.15, 0.2) is 41.3 Å². The summed E-state index contributed by atoms with van der Waals surface area (Å²) >= 11 is 0. The molecule has 0 saturated carbocycles. The Morgan fingerprint density at radius 1 is 1.31 bits per heavy atom. The van der Waals surface area contributed by atoms with Crippen molar-refractivity contribution >= 4 is 17.0 Å². The number of fused-ring (bicyclic) bond motifs is 1. The minimum Gasteiger partial charge on any atom is -0.448 e. The number of para-hydroxylation sites is 1. The first-order valence-corrected chi connectivity index (χ1v) is 7.99. The summed E-state index contributed by atoms with van der Waals surface area (Å²) in [7, 11) is 1.55. The van der Waals surface area contributed by atoms with Crippen LogP contribution in [0, 0.1) is 5.82 Å². The first-order chi connectivity index (χ1) is 12.3. The summed E-state index contributed by atoms with van der Waals surface area (Å²) < 4.78 is 20.5. The lowest BCUT2D eigenvalue weighted by Gasteiger charge is -2.23. The van der Waals surface area contributed by atoms with Gasteiger partial charge >= 0.3 is 0 Å². The number of aromatic nitrogens is 3. The Morgan fingerprint density at radius 2 is 2.04 bits per heavy atom. The van der Waals surface area contributed by atoms with Crippen LogP contribution in [0.3, 0.4) is 0 Å². The van der Waals surface area contributed by atoms with E-state index in [-0.39, 0.29) is 24.1 Å². The third-order valence-electron chi connectivity index (χ3n) is 3.82. The van der Waals surface area contributed by atoms with Gasteiger partial charge in [-0.1, -0.05) is 12.1 Å². The maximum Gasteiger partial charge on any atom is 0.294 e. The second kappa shape index (κ2) is 6.72. The van der Waals surface area contributed by atoms with E-state index in [1.165, 1.54) is 35.0 Å². The fraction of sp³-hybridized carbons (Fsp3) is 0.278. The normalized spacial score (nSPS) is 11.6. The summed E-state index contributed by atoms with van der Waals surface area (Å²) in [5, 5.41) is 12.9. The van der Waals surface area contributed by atoms with Crippen LogP contribution in [0.4, 0.5) is 10.3 Å². The lowest BCUT2D eigenvalue weighted by Crippen LogP contribution is -2.35. The van der Waals surface area contributed by atoms with Crippen molar-refractivity contribution in [2.45, 2.75) is 19.4 Å². The van der Waals surface area contributed by atoms with E-state index in [0.29, 0.717) is 11.0 Å². The monoisotopic (exact) mass is 358 g/mol. The van der Waals surface area contributed by atoms with Gasteiger partial charge < -0.3 is 15.2 Å². The Morgan fingerprint density at radius 3 is 2.73 bits per heavy atom. The Kier molecular flexibility index (Phi) is 4.60. The summed E-state index contributed by atoms with van der Waals surface area (Å²) in [4.78, 5) is 21.1. The summed E-state index contributed by atoms with van der Waals surface area (Å²) in [6.07, 6.45) is 1.53. The van der Waals surface area contributed by atoms with Crippen molar-refractivity contribution in [1.29, 1.82) is 0 Å². The number of hydrogen-bond acceptors (Lipinski definition) is 6. The first kappa shape index (κ1) is 17.8. The topological polar surface area (TPSA) is 89.3 Å². The van der Waals surface area contributed by atoms with E-state index in [2.05, 4.69) is 15.3 Å². The van der Waals surface area contributed by atoms with Gasteiger partial charge in [0.05, 0.1) is 12.1 Å². The number of benzene rings is 1. The fourth-order valence-electron chi connectivity index (χ4n) is 2.34. The molecule has 0 atom stereocenters. The molecule has 0 aliphatic rings. The van der Waals surface area contributed by atoms with Gasteiger partial charge in [-0.15, -0.1) is 0 Å². The van der Waals surface area contributed by atoms with Gasteiger partial charge in [-0.05, 0) is 32.0 Å². The predicted octanol–water partition coefficient (Wildman–Crippen LogP) is 2.44. The minimum absolute atomic E-state index is 0.0231. The first-order valence-electron chi connectivity index (χ1n) is 7.99. The number of ether oxygens (including phenoxy) is 1. The molecule has 0 bridgehead atoms. The van der Waals surface area contributed by atoms with Crippen molar-refractivity contribution in [1.82, 2.24) is 14.5 Å². The molecule has 3 aromatic rings. The van der Waals surface area contributed by atoms with Crippen LogP contribution < -0.4 is 15.6 Å². The molecule has 136 valence electrons. The zero-order valence-corrected chi connectivity index (χ0v) is 14.7. The zero-order valence-electron chi connectivity index (χ0n) is 14.7. The number of nitrogens with zero attached hydrogens (tertiary/aromatic N) is 3. The summed E-state index contributed by atoms with van der Waals surface area (Å²) in [5.41, 5.74) is -0.672. The molecule has 2 N–H and O–H groups in total. The molecule has 0 aliphatic carbocycles. The van der Waals surface area contributed by atoms with Crippen LogP contribution in [0.25, 0.3) is 11.0 Å². The lowest BCUT2D eigenvalue weighted by molar-refractivity contribution is 0.233. The average molecular weight is 358 g/mol. The molecular formula is C18H19FN4O3. The van der Waals surface area contributed by atoms with Gasteiger partial charge in [0.1, 0.15) is 5.65 Å². The molecule has 26 heavy (non-hydrogen) atoms. The summed E-state index contributed by atoms with van der Waals surface area (Å²) in [5.74, 6) is -0.330. The number of pyridine rings is 1. The van der Waals surface area contributed by atoms with E-state index in [0.717, 1.165) is 0 Å². The van der Waals surface area contributed by atoms with Crippen LogP contribution >= 0.6 is 0 Å². The number of hydrogen-bond donors (Lipinski definition) is 2. The number of nitrogens with one attached hydrogen (secondary N) is 1. The van der Waals surface area contributed by atoms with Crippen molar-refractivity contribution in [3.05, 3.63) is 52.7 Å². The van der Waals surface area contributed by atoms with Gasteiger partial charge in [0.2, 0.25) is 5.95 Å². The lowest BCUT2D eigenvalue weighted by atomic mass is 10.1. The summed E-state index contributed by atoms with van der Waals surface area (Å²) in [6.45, 7) is 3.48. The van der Waals surface area contributed by atoms with E-state index in [1.807, 2.05) is 0 Å². The molecule has 1 aromatic carbocycles. The molecule has 0 saturated heterocycles. The second-order valence-corrected chi connectivity index (χ2v) is 6.54. The van der Waals surface area contributed by atoms with Gasteiger partial charge in [-0.2, -0.15) is 4.98 Å². The highest BCUT2D eigenvalue weighted by atomic mass is 19.1. The standard InChI is InChI=1S/C18H19FN4O3/c1-18(2,10-24)22-17-20-9-11-8-14(16(25)23(3)15(11)21-17)26-13-7-5-4-6-12(13)19/h4-9,24H,10H2,1-3H3,(H,20,21,22). The third kappa shape index (κ3) is 3.50. The van der Waals surface area contributed by atoms with E-state index < -0.39 is 16.9 Å². The molecule has 2 heterocycles. The van der Waals surface area contributed by atoms with Gasteiger partial charge in [-0.25, -0.2) is 9.37 Å². The molecule has 0 fully saturated rings. The highest BCUT2D eigenvalue weighted by molar-refractivity contribution is 5.76. The van der Waals surface area contributed by atoms with Crippen molar-refractivity contribution in [2.75, 3.05) is 11.9 Å². The highest BCUT2D eigenvalue weighted by Gasteiger charge is 2.18. The smallest absolute Gasteiger partial charge is 0.294 e. The second-order valence-electron chi connectivity index (χ2n) is 6.54. The molecule has 8 heteroatoms. The van der Waals surface area contributed by atoms with E-state index in [9.17, 15) is 14.3 Å². The Bertz CT molecular complexity index is 1020. The van der Waals surface area contributed by atoms with Gasteiger partial charge in [-0.3, -0.25) is 9.36 Å². The number of aryl methyl sites for hydroxylation is 1. The van der Waals surface area contributed by atoms with Gasteiger partial charge in [0.25, 0.3) is 5.56 Å². The molecule has 0 aliphatic heterocycles. The summed E-state index contributed by atoms with van der Waals surface area (Å²) in [6, 6.07) is 7.33. The quantitative estimate of drug-likeness (QED) is 0.728. The Balaban J connectivity index is 2.03. The van der Waals surface area contributed by atoms with Crippen molar-refractivity contribution < 1.29 is 14.2 Å². The highest BCUT2D eigenvalue weighted by Crippen LogP contribution is 2.24. The maximum absolute atomic E-state index is 13.8. The third-order valence-corrected chi connectivity index (χ3v) is 3.82. The van der Waals surface area contributed by atoms with Crippen molar-refractivity contribution in [2.24, 2.45) is 7.05 Å². The van der Waals surface area contributed by atoms with E-state index in [4.69, 9.17) is 4.74 Å².